The summed E-state index contributed by atoms with van der Waals surface area (Å²) in [6, 6.07) is 4.00. The van der Waals surface area contributed by atoms with Gasteiger partial charge in [-0.2, -0.15) is 0 Å². The monoisotopic (exact) mass is 364 g/mol. The van der Waals surface area contributed by atoms with Crippen LogP contribution in [0.25, 0.3) is 0 Å². The molecule has 2 N–H and O–H groups in total. The number of hydrogen-bond donors (Lipinski definition) is 2. The van der Waals surface area contributed by atoms with Crippen LogP contribution in [0.3, 0.4) is 0 Å². The van der Waals surface area contributed by atoms with Crippen LogP contribution in [0.5, 0.6) is 5.75 Å². The van der Waals surface area contributed by atoms with Crippen LogP contribution in [0.2, 0.25) is 0 Å². The Balaban J connectivity index is 1.60. The SMILES string of the molecule is COc1cc(F)cc(CC(C)NC(=O)N2C[C@@H]3CCC[C@@]3(C(=O)O)C2)c1. The third-order valence-corrected chi connectivity index (χ3v) is 5.66. The summed E-state index contributed by atoms with van der Waals surface area (Å²) in [4.78, 5) is 25.9. The van der Waals surface area contributed by atoms with E-state index in [0.717, 1.165) is 18.4 Å². The Morgan fingerprint density at radius 3 is 2.88 bits per heavy atom. The lowest BCUT2D eigenvalue weighted by atomic mass is 9.81. The zero-order valence-electron chi connectivity index (χ0n) is 15.1. The number of carboxylic acid groups (broad SMARTS) is 1. The average molecular weight is 364 g/mol. The van der Waals surface area contributed by atoms with E-state index in [-0.39, 0.29) is 30.4 Å². The van der Waals surface area contributed by atoms with Crippen LogP contribution in [0, 0.1) is 17.2 Å². The highest BCUT2D eigenvalue weighted by Crippen LogP contribution is 2.48. The van der Waals surface area contributed by atoms with Crippen LogP contribution < -0.4 is 10.1 Å². The lowest BCUT2D eigenvalue weighted by Crippen LogP contribution is -2.45. The van der Waals surface area contributed by atoms with Crippen molar-refractivity contribution in [3.63, 3.8) is 0 Å². The van der Waals surface area contributed by atoms with E-state index in [2.05, 4.69) is 5.32 Å². The molecule has 2 fully saturated rings. The van der Waals surface area contributed by atoms with Crippen LogP contribution >= 0.6 is 0 Å². The largest absolute Gasteiger partial charge is 0.497 e. The predicted octanol–water partition coefficient (Wildman–Crippen LogP) is 2.66. The van der Waals surface area contributed by atoms with Gasteiger partial charge in [-0.15, -0.1) is 0 Å². The quantitative estimate of drug-likeness (QED) is 0.842. The third kappa shape index (κ3) is 3.48. The minimum atomic E-state index is -0.796. The van der Waals surface area contributed by atoms with E-state index in [0.29, 0.717) is 25.1 Å². The fourth-order valence-corrected chi connectivity index (χ4v) is 4.36. The van der Waals surface area contributed by atoms with Crippen molar-refractivity contribution < 1.29 is 23.8 Å². The van der Waals surface area contributed by atoms with Crippen molar-refractivity contribution in [3.8, 4) is 5.75 Å². The molecule has 0 aromatic heterocycles. The zero-order valence-corrected chi connectivity index (χ0v) is 15.1. The first-order chi connectivity index (χ1) is 12.3. The van der Waals surface area contributed by atoms with E-state index < -0.39 is 11.4 Å². The van der Waals surface area contributed by atoms with Gasteiger partial charge in [0.05, 0.1) is 12.5 Å². The molecule has 1 heterocycles. The molecule has 142 valence electrons. The normalized spacial score (nSPS) is 25.7. The number of nitrogens with one attached hydrogen (secondary N) is 1. The number of likely N-dealkylation sites (tertiary alicyclic amines) is 1. The highest BCUT2D eigenvalue weighted by molar-refractivity contribution is 5.80. The van der Waals surface area contributed by atoms with Gasteiger partial charge in [-0.1, -0.05) is 6.42 Å². The fraction of sp³-hybridized carbons (Fsp3) is 0.579. The van der Waals surface area contributed by atoms with E-state index in [4.69, 9.17) is 4.74 Å². The number of fused-ring (bicyclic) bond motifs is 1. The molecule has 1 aromatic rings. The van der Waals surface area contributed by atoms with E-state index in [1.807, 2.05) is 6.92 Å². The molecule has 3 rings (SSSR count). The van der Waals surface area contributed by atoms with Gasteiger partial charge in [-0.25, -0.2) is 9.18 Å². The summed E-state index contributed by atoms with van der Waals surface area (Å²) < 4.78 is 18.7. The number of ether oxygens (including phenoxy) is 1. The molecule has 1 aliphatic heterocycles. The Morgan fingerprint density at radius 2 is 2.23 bits per heavy atom. The van der Waals surface area contributed by atoms with E-state index in [1.54, 1.807) is 11.0 Å². The number of halogens is 1. The standard InChI is InChI=1S/C19H25FN2O4/c1-12(6-13-7-15(20)9-16(8-13)26-2)21-18(25)22-10-14-4-3-5-19(14,11-22)17(23)24/h7-9,12,14H,3-6,10-11H2,1-2H3,(H,21,25)(H,23,24)/t12?,14-,19+/m0/s1. The van der Waals surface area contributed by atoms with Gasteiger partial charge >= 0.3 is 12.0 Å². The summed E-state index contributed by atoms with van der Waals surface area (Å²) in [6.07, 6.45) is 2.86. The van der Waals surface area contributed by atoms with Crippen molar-refractivity contribution in [2.45, 2.75) is 38.6 Å². The van der Waals surface area contributed by atoms with Crippen LogP contribution in [-0.4, -0.2) is 48.2 Å². The number of hydrogen-bond acceptors (Lipinski definition) is 3. The van der Waals surface area contributed by atoms with Crippen molar-refractivity contribution in [2.75, 3.05) is 20.2 Å². The molecular weight excluding hydrogens is 339 g/mol. The summed E-state index contributed by atoms with van der Waals surface area (Å²) in [5.41, 5.74) is -0.0498. The minimum Gasteiger partial charge on any atom is -0.497 e. The Kier molecular flexibility index (Phi) is 5.07. The number of carboxylic acids is 1. The third-order valence-electron chi connectivity index (χ3n) is 5.66. The van der Waals surface area contributed by atoms with E-state index in [1.165, 1.54) is 19.2 Å². The van der Waals surface area contributed by atoms with Crippen molar-refractivity contribution in [1.82, 2.24) is 10.2 Å². The van der Waals surface area contributed by atoms with Gasteiger partial charge in [-0.3, -0.25) is 4.79 Å². The molecule has 1 saturated carbocycles. The molecule has 0 radical (unpaired) electrons. The summed E-state index contributed by atoms with van der Waals surface area (Å²) in [5, 5.41) is 12.5. The molecule has 0 spiro atoms. The van der Waals surface area contributed by atoms with Gasteiger partial charge < -0.3 is 20.1 Å². The van der Waals surface area contributed by atoms with E-state index >= 15 is 0 Å². The molecule has 1 unspecified atom stereocenters. The minimum absolute atomic E-state index is 0.0357. The summed E-state index contributed by atoms with van der Waals surface area (Å²) >= 11 is 0. The number of amides is 2. The Morgan fingerprint density at radius 1 is 1.46 bits per heavy atom. The molecule has 1 aliphatic carbocycles. The molecule has 6 nitrogen and oxygen atoms in total. The van der Waals surface area contributed by atoms with Crippen molar-refractivity contribution >= 4 is 12.0 Å². The number of carbonyl (C=O) groups excluding carboxylic acids is 1. The fourth-order valence-electron chi connectivity index (χ4n) is 4.36. The molecule has 7 heteroatoms. The summed E-state index contributed by atoms with van der Waals surface area (Å²) in [5.74, 6) is -0.702. The van der Waals surface area contributed by atoms with E-state index in [9.17, 15) is 19.1 Å². The average Bonchev–Trinajstić information content (AvgIpc) is 3.12. The summed E-state index contributed by atoms with van der Waals surface area (Å²) in [7, 11) is 1.48. The van der Waals surface area contributed by atoms with Gasteiger partial charge in [0.2, 0.25) is 0 Å². The van der Waals surface area contributed by atoms with Gasteiger partial charge in [-0.05, 0) is 49.8 Å². The van der Waals surface area contributed by atoms with Crippen LogP contribution in [0.1, 0.15) is 31.7 Å². The number of benzene rings is 1. The second kappa shape index (κ2) is 7.13. The van der Waals surface area contributed by atoms with Crippen LogP contribution in [-0.2, 0) is 11.2 Å². The topological polar surface area (TPSA) is 78.9 Å². The highest BCUT2D eigenvalue weighted by Gasteiger charge is 2.55. The number of nitrogens with zero attached hydrogens (tertiary/aromatic N) is 1. The second-order valence-electron chi connectivity index (χ2n) is 7.48. The first-order valence-electron chi connectivity index (χ1n) is 8.96. The number of aliphatic carboxylic acids is 1. The zero-order chi connectivity index (χ0) is 18.9. The molecular formula is C19H25FN2O4. The lowest BCUT2D eigenvalue weighted by Gasteiger charge is -2.24. The molecule has 0 bridgehead atoms. The van der Waals surface area contributed by atoms with Gasteiger partial charge in [0, 0.05) is 25.2 Å². The number of methoxy groups -OCH3 is 1. The molecule has 2 aliphatic rings. The molecule has 1 aromatic carbocycles. The first kappa shape index (κ1) is 18.5. The first-order valence-corrected chi connectivity index (χ1v) is 8.96. The maximum atomic E-state index is 13.6. The number of rotatable bonds is 5. The molecule has 2 amide bonds. The Labute approximate surface area is 152 Å². The van der Waals surface area contributed by atoms with Crippen molar-refractivity contribution in [2.24, 2.45) is 11.3 Å². The molecule has 1 saturated heterocycles. The van der Waals surface area contributed by atoms with Crippen molar-refractivity contribution in [1.29, 1.82) is 0 Å². The lowest BCUT2D eigenvalue weighted by molar-refractivity contribution is -0.149. The molecule has 26 heavy (non-hydrogen) atoms. The Hall–Kier alpha value is -2.31. The predicted molar refractivity (Wildman–Crippen MR) is 93.6 cm³/mol. The summed E-state index contributed by atoms with van der Waals surface area (Å²) in [6.45, 7) is 2.59. The van der Waals surface area contributed by atoms with Crippen molar-refractivity contribution in [3.05, 3.63) is 29.6 Å². The highest BCUT2D eigenvalue weighted by atomic mass is 19.1. The Bertz CT molecular complexity index is 711. The number of urea groups is 1. The molecule has 3 atom stereocenters. The second-order valence-corrected chi connectivity index (χ2v) is 7.48. The van der Waals surface area contributed by atoms with Gasteiger partial charge in [0.1, 0.15) is 11.6 Å². The maximum absolute atomic E-state index is 13.6. The van der Waals surface area contributed by atoms with Crippen LogP contribution in [0.15, 0.2) is 18.2 Å². The number of carbonyl (C=O) groups is 2. The van der Waals surface area contributed by atoms with Gasteiger partial charge in [0.15, 0.2) is 0 Å². The smallest absolute Gasteiger partial charge is 0.317 e. The maximum Gasteiger partial charge on any atom is 0.317 e. The van der Waals surface area contributed by atoms with Gasteiger partial charge in [0.25, 0.3) is 0 Å². The van der Waals surface area contributed by atoms with Crippen LogP contribution in [0.4, 0.5) is 9.18 Å².